The van der Waals surface area contributed by atoms with Crippen LogP contribution >= 0.6 is 0 Å². The summed E-state index contributed by atoms with van der Waals surface area (Å²) >= 11 is 0. The molecule has 5 nitrogen and oxygen atoms in total. The maximum atomic E-state index is 14.0. The molecule has 4 rings (SSSR count). The average molecular weight is 415 g/mol. The van der Waals surface area contributed by atoms with E-state index in [1.54, 1.807) is 0 Å². The number of fused-ring (bicyclic) bond motifs is 1. The molecule has 3 aliphatic heterocycles. The predicted molar refractivity (Wildman–Crippen MR) is 97.5 cm³/mol. The standard InChI is InChI=1S/C20H25F4N3O2/c21-15-3-1-2-14(20(22,23)24)13(15)5-4-12-8-18(25-9-12)27-7-6-17-16(10-27)26-19(28)11-29-17/h1-3,12,16-18,25H,4-11H2,(H,26,28)/t12?,16-,17+,18?/m1/s1. The van der Waals surface area contributed by atoms with Gasteiger partial charge in [0.15, 0.2) is 0 Å². The second-order valence-corrected chi connectivity index (χ2v) is 8.14. The van der Waals surface area contributed by atoms with E-state index in [4.69, 9.17) is 4.74 Å². The molecular formula is C20H25F4N3O2. The van der Waals surface area contributed by atoms with Crippen LogP contribution in [0.25, 0.3) is 0 Å². The highest BCUT2D eigenvalue weighted by atomic mass is 19.4. The van der Waals surface area contributed by atoms with Gasteiger partial charge in [0.25, 0.3) is 0 Å². The van der Waals surface area contributed by atoms with E-state index >= 15 is 0 Å². The molecule has 3 saturated heterocycles. The van der Waals surface area contributed by atoms with Gasteiger partial charge in [0.2, 0.25) is 5.91 Å². The van der Waals surface area contributed by atoms with Crippen molar-refractivity contribution in [1.29, 1.82) is 0 Å². The molecule has 29 heavy (non-hydrogen) atoms. The number of carbonyl (C=O) groups is 1. The first-order chi connectivity index (χ1) is 13.8. The van der Waals surface area contributed by atoms with Gasteiger partial charge in [-0.2, -0.15) is 13.2 Å². The van der Waals surface area contributed by atoms with Gasteiger partial charge in [-0.1, -0.05) is 6.07 Å². The molecule has 160 valence electrons. The number of rotatable bonds is 4. The minimum absolute atomic E-state index is 0.0291. The largest absolute Gasteiger partial charge is 0.416 e. The topological polar surface area (TPSA) is 53.6 Å². The number of nitrogens with one attached hydrogen (secondary N) is 2. The molecule has 9 heteroatoms. The number of alkyl halides is 3. The molecule has 4 atom stereocenters. The van der Waals surface area contributed by atoms with Crippen molar-refractivity contribution in [2.75, 3.05) is 26.2 Å². The van der Waals surface area contributed by atoms with Crippen LogP contribution in [0.3, 0.4) is 0 Å². The molecule has 3 heterocycles. The Kier molecular flexibility index (Phi) is 5.81. The van der Waals surface area contributed by atoms with Gasteiger partial charge in [0.1, 0.15) is 12.4 Å². The van der Waals surface area contributed by atoms with Crippen molar-refractivity contribution < 1.29 is 27.1 Å². The molecule has 2 unspecified atom stereocenters. The first-order valence-electron chi connectivity index (χ1n) is 10.0. The summed E-state index contributed by atoms with van der Waals surface area (Å²) in [6.07, 6.45) is -2.21. The lowest BCUT2D eigenvalue weighted by atomic mass is 9.94. The number of hydrogen-bond donors (Lipinski definition) is 2. The number of halogens is 4. The molecule has 0 radical (unpaired) electrons. The first-order valence-corrected chi connectivity index (χ1v) is 10.0. The van der Waals surface area contributed by atoms with Crippen molar-refractivity contribution in [2.24, 2.45) is 5.92 Å². The van der Waals surface area contributed by atoms with E-state index in [1.165, 1.54) is 0 Å². The quantitative estimate of drug-likeness (QED) is 0.742. The molecule has 1 aromatic rings. The fourth-order valence-electron chi connectivity index (χ4n) is 4.72. The number of hydrogen-bond acceptors (Lipinski definition) is 4. The number of likely N-dealkylation sites (tertiary alicyclic amines) is 1. The number of piperidine rings is 1. The van der Waals surface area contributed by atoms with Crippen LogP contribution in [0.15, 0.2) is 18.2 Å². The number of amides is 1. The number of benzene rings is 1. The highest BCUT2D eigenvalue weighted by molar-refractivity contribution is 5.78. The zero-order valence-electron chi connectivity index (χ0n) is 16.0. The van der Waals surface area contributed by atoms with Gasteiger partial charge in [-0.15, -0.1) is 0 Å². The average Bonchev–Trinajstić information content (AvgIpc) is 3.14. The Bertz CT molecular complexity index is 758. The minimum Gasteiger partial charge on any atom is -0.366 e. The number of carbonyl (C=O) groups excluding carboxylic acids is 1. The van der Waals surface area contributed by atoms with E-state index in [1.807, 2.05) is 0 Å². The number of ether oxygens (including phenoxy) is 1. The van der Waals surface area contributed by atoms with E-state index < -0.39 is 17.6 Å². The lowest BCUT2D eigenvalue weighted by Gasteiger charge is -2.43. The smallest absolute Gasteiger partial charge is 0.366 e. The monoisotopic (exact) mass is 415 g/mol. The Labute approximate surface area is 166 Å². The van der Waals surface area contributed by atoms with Crippen LogP contribution in [0.2, 0.25) is 0 Å². The predicted octanol–water partition coefficient (Wildman–Crippen LogP) is 2.30. The third kappa shape index (κ3) is 4.57. The normalized spacial score (nSPS) is 30.8. The van der Waals surface area contributed by atoms with Gasteiger partial charge < -0.3 is 15.4 Å². The van der Waals surface area contributed by atoms with E-state index in [2.05, 4.69) is 15.5 Å². The second-order valence-electron chi connectivity index (χ2n) is 8.14. The summed E-state index contributed by atoms with van der Waals surface area (Å²) < 4.78 is 59.1. The lowest BCUT2D eigenvalue weighted by molar-refractivity contribution is -0.141. The highest BCUT2D eigenvalue weighted by Crippen LogP contribution is 2.34. The van der Waals surface area contributed by atoms with Gasteiger partial charge in [-0.05, 0) is 50.3 Å². The Morgan fingerprint density at radius 1 is 1.28 bits per heavy atom. The third-order valence-electron chi connectivity index (χ3n) is 6.22. The molecule has 3 aliphatic rings. The number of nitrogens with zero attached hydrogens (tertiary/aromatic N) is 1. The van der Waals surface area contributed by atoms with Crippen molar-refractivity contribution in [3.8, 4) is 0 Å². The summed E-state index contributed by atoms with van der Waals surface area (Å²) in [5, 5.41) is 6.41. The van der Waals surface area contributed by atoms with E-state index in [0.717, 1.165) is 37.6 Å². The van der Waals surface area contributed by atoms with E-state index in [0.29, 0.717) is 19.5 Å². The van der Waals surface area contributed by atoms with Crippen LogP contribution in [0, 0.1) is 11.7 Å². The highest BCUT2D eigenvalue weighted by Gasteiger charge is 2.39. The molecule has 1 amide bonds. The summed E-state index contributed by atoms with van der Waals surface area (Å²) in [7, 11) is 0. The van der Waals surface area contributed by atoms with Gasteiger partial charge in [-0.25, -0.2) is 4.39 Å². The maximum Gasteiger partial charge on any atom is 0.416 e. The van der Waals surface area contributed by atoms with Gasteiger partial charge in [0.05, 0.1) is 23.9 Å². The van der Waals surface area contributed by atoms with Crippen LogP contribution in [0.1, 0.15) is 30.4 Å². The van der Waals surface area contributed by atoms with Crippen molar-refractivity contribution in [1.82, 2.24) is 15.5 Å². The maximum absolute atomic E-state index is 14.0. The van der Waals surface area contributed by atoms with Crippen LogP contribution in [-0.4, -0.2) is 55.4 Å². The van der Waals surface area contributed by atoms with Crippen molar-refractivity contribution in [2.45, 2.75) is 50.2 Å². The molecular weight excluding hydrogens is 390 g/mol. The Hall–Kier alpha value is -1.71. The zero-order chi connectivity index (χ0) is 20.6. The summed E-state index contributed by atoms with van der Waals surface area (Å²) in [4.78, 5) is 13.8. The molecule has 0 aliphatic carbocycles. The van der Waals surface area contributed by atoms with Crippen molar-refractivity contribution in [3.05, 3.63) is 35.1 Å². The van der Waals surface area contributed by atoms with Crippen molar-refractivity contribution in [3.63, 3.8) is 0 Å². The Balaban J connectivity index is 1.33. The SMILES string of the molecule is O=C1CO[C@H]2CCN(C3CC(CCc4c(F)cccc4C(F)(F)F)CN3)C[C@H]2N1. The molecule has 0 aromatic heterocycles. The molecule has 0 bridgehead atoms. The summed E-state index contributed by atoms with van der Waals surface area (Å²) in [6.45, 7) is 2.33. The van der Waals surface area contributed by atoms with E-state index in [9.17, 15) is 22.4 Å². The van der Waals surface area contributed by atoms with Crippen LogP contribution in [-0.2, 0) is 22.1 Å². The lowest BCUT2D eigenvalue weighted by Crippen LogP contribution is -2.62. The molecule has 0 spiro atoms. The summed E-state index contributed by atoms with van der Waals surface area (Å²) in [5.74, 6) is -0.719. The van der Waals surface area contributed by atoms with Gasteiger partial charge in [0, 0.05) is 18.7 Å². The zero-order valence-corrected chi connectivity index (χ0v) is 16.0. The Morgan fingerprint density at radius 3 is 2.90 bits per heavy atom. The van der Waals surface area contributed by atoms with Gasteiger partial charge in [-0.3, -0.25) is 9.69 Å². The first kappa shape index (κ1) is 20.6. The molecule has 1 aromatic carbocycles. The third-order valence-corrected chi connectivity index (χ3v) is 6.22. The summed E-state index contributed by atoms with van der Waals surface area (Å²) in [5.41, 5.74) is -1.12. The number of morpholine rings is 1. The summed E-state index contributed by atoms with van der Waals surface area (Å²) in [6, 6.07) is 3.11. The minimum atomic E-state index is -4.55. The van der Waals surface area contributed by atoms with Crippen LogP contribution in [0.4, 0.5) is 17.6 Å². The fraction of sp³-hybridized carbons (Fsp3) is 0.650. The van der Waals surface area contributed by atoms with Crippen LogP contribution in [0.5, 0.6) is 0 Å². The van der Waals surface area contributed by atoms with E-state index in [-0.39, 0.29) is 48.7 Å². The van der Waals surface area contributed by atoms with Crippen LogP contribution < -0.4 is 10.6 Å². The van der Waals surface area contributed by atoms with Gasteiger partial charge >= 0.3 is 6.18 Å². The molecule has 2 N–H and O–H groups in total. The fourth-order valence-corrected chi connectivity index (χ4v) is 4.72. The van der Waals surface area contributed by atoms with Crippen molar-refractivity contribution >= 4 is 5.91 Å². The molecule has 0 saturated carbocycles. The molecule has 3 fully saturated rings. The Morgan fingerprint density at radius 2 is 2.10 bits per heavy atom. The second kappa shape index (κ2) is 8.20.